The molecule has 0 saturated heterocycles. The second kappa shape index (κ2) is 6.46. The molecule has 20 heavy (non-hydrogen) atoms. The van der Waals surface area contributed by atoms with E-state index in [2.05, 4.69) is 0 Å². The standard InChI is InChI=1S/C13H12O7/c1-7(14)18-11-5-4-10(17)12(19-8(2)15)6-13(11)20-9(3)16/h4-6H,1-3H3. The molecule has 0 unspecified atom stereocenters. The third-order valence-corrected chi connectivity index (χ3v) is 1.90. The average molecular weight is 280 g/mol. The number of hydrogen-bond donors (Lipinski definition) is 0. The number of carbonyl (C=O) groups is 3. The van der Waals surface area contributed by atoms with Gasteiger partial charge >= 0.3 is 17.9 Å². The van der Waals surface area contributed by atoms with Crippen molar-refractivity contribution in [2.75, 3.05) is 0 Å². The van der Waals surface area contributed by atoms with Gasteiger partial charge in [0.25, 0.3) is 0 Å². The van der Waals surface area contributed by atoms with E-state index in [0.717, 1.165) is 39.0 Å². The van der Waals surface area contributed by atoms with Gasteiger partial charge in [-0.05, 0) is 12.1 Å². The zero-order valence-corrected chi connectivity index (χ0v) is 11.1. The van der Waals surface area contributed by atoms with Crippen LogP contribution in [0.25, 0.3) is 0 Å². The Kier molecular flexibility index (Phi) is 4.96. The predicted octanol–water partition coefficient (Wildman–Crippen LogP) is 0.823. The summed E-state index contributed by atoms with van der Waals surface area (Å²) in [5.41, 5.74) is -0.632. The molecule has 0 aromatic heterocycles. The van der Waals surface area contributed by atoms with Crippen molar-refractivity contribution >= 4 is 17.9 Å². The van der Waals surface area contributed by atoms with Crippen LogP contribution in [0.3, 0.4) is 0 Å². The Morgan fingerprint density at radius 1 is 0.750 bits per heavy atom. The van der Waals surface area contributed by atoms with E-state index in [1.54, 1.807) is 0 Å². The molecule has 7 nitrogen and oxygen atoms in total. The smallest absolute Gasteiger partial charge is 0.308 e. The van der Waals surface area contributed by atoms with Crippen LogP contribution in [0.2, 0.25) is 0 Å². The van der Waals surface area contributed by atoms with Crippen LogP contribution in [0.5, 0.6) is 17.2 Å². The topological polar surface area (TPSA) is 96.0 Å². The number of carbonyl (C=O) groups excluding carboxylic acids is 3. The molecule has 0 amide bonds. The van der Waals surface area contributed by atoms with E-state index in [9.17, 15) is 19.2 Å². The van der Waals surface area contributed by atoms with Crippen LogP contribution in [0.1, 0.15) is 20.8 Å². The molecule has 0 saturated carbocycles. The number of rotatable bonds is 3. The minimum Gasteiger partial charge on any atom is -0.423 e. The molecule has 1 aromatic rings. The predicted molar refractivity (Wildman–Crippen MR) is 66.6 cm³/mol. The van der Waals surface area contributed by atoms with Gasteiger partial charge in [-0.25, -0.2) is 0 Å². The Bertz CT molecular complexity index is 619. The number of ether oxygens (including phenoxy) is 3. The first-order valence-electron chi connectivity index (χ1n) is 5.53. The van der Waals surface area contributed by atoms with Crippen LogP contribution in [0.4, 0.5) is 0 Å². The molecule has 0 N–H and O–H groups in total. The van der Waals surface area contributed by atoms with E-state index in [0.29, 0.717) is 0 Å². The molecule has 0 atom stereocenters. The van der Waals surface area contributed by atoms with Crippen LogP contribution < -0.4 is 19.6 Å². The lowest BCUT2D eigenvalue weighted by atomic mass is 10.4. The minimum atomic E-state index is -0.712. The first-order chi connectivity index (χ1) is 9.29. The van der Waals surface area contributed by atoms with Crippen molar-refractivity contribution in [3.63, 3.8) is 0 Å². The van der Waals surface area contributed by atoms with Gasteiger partial charge in [-0.15, -0.1) is 0 Å². The first kappa shape index (κ1) is 15.4. The molecule has 1 rings (SSSR count). The van der Waals surface area contributed by atoms with E-state index in [1.807, 2.05) is 0 Å². The van der Waals surface area contributed by atoms with E-state index >= 15 is 0 Å². The summed E-state index contributed by atoms with van der Waals surface area (Å²) >= 11 is 0. The number of esters is 3. The van der Waals surface area contributed by atoms with E-state index in [1.165, 1.54) is 0 Å². The third-order valence-electron chi connectivity index (χ3n) is 1.90. The molecule has 0 fully saturated rings. The monoisotopic (exact) mass is 280 g/mol. The zero-order valence-electron chi connectivity index (χ0n) is 11.1. The zero-order chi connectivity index (χ0) is 15.3. The SMILES string of the molecule is CC(=O)Oc1ccc(=O)c(OC(C)=O)cc1OC(C)=O. The molecule has 0 bridgehead atoms. The molecule has 106 valence electrons. The molecular weight excluding hydrogens is 268 g/mol. The molecule has 1 aromatic carbocycles. The molecule has 7 heteroatoms. The maximum absolute atomic E-state index is 11.7. The summed E-state index contributed by atoms with van der Waals surface area (Å²) in [5, 5.41) is 0. The highest BCUT2D eigenvalue weighted by molar-refractivity contribution is 5.74. The Labute approximate surface area is 114 Å². The van der Waals surface area contributed by atoms with Gasteiger partial charge in [-0.2, -0.15) is 0 Å². The van der Waals surface area contributed by atoms with E-state index < -0.39 is 23.3 Å². The maximum Gasteiger partial charge on any atom is 0.308 e. The van der Waals surface area contributed by atoms with Crippen LogP contribution in [-0.4, -0.2) is 17.9 Å². The minimum absolute atomic E-state index is 0.136. The fourth-order valence-corrected chi connectivity index (χ4v) is 1.29. The van der Waals surface area contributed by atoms with E-state index in [4.69, 9.17) is 14.2 Å². The van der Waals surface area contributed by atoms with Crippen molar-refractivity contribution < 1.29 is 28.6 Å². The fraction of sp³-hybridized carbons (Fsp3) is 0.231. The second-order valence-corrected chi connectivity index (χ2v) is 3.72. The lowest BCUT2D eigenvalue weighted by molar-refractivity contribution is -0.134. The first-order valence-corrected chi connectivity index (χ1v) is 5.53. The van der Waals surface area contributed by atoms with Crippen molar-refractivity contribution in [3.8, 4) is 17.2 Å². The van der Waals surface area contributed by atoms with Gasteiger partial charge in [0.05, 0.1) is 0 Å². The van der Waals surface area contributed by atoms with Gasteiger partial charge in [0.2, 0.25) is 5.43 Å². The molecule has 0 radical (unpaired) electrons. The Hall–Kier alpha value is -2.70. The highest BCUT2D eigenvalue weighted by Crippen LogP contribution is 2.28. The molecule has 0 aliphatic carbocycles. The van der Waals surface area contributed by atoms with Crippen molar-refractivity contribution in [2.24, 2.45) is 0 Å². The lowest BCUT2D eigenvalue weighted by Crippen LogP contribution is -2.09. The summed E-state index contributed by atoms with van der Waals surface area (Å²) in [5.74, 6) is -2.74. The lowest BCUT2D eigenvalue weighted by Gasteiger charge is -2.05. The molecular formula is C13H12O7. The van der Waals surface area contributed by atoms with Crippen LogP contribution >= 0.6 is 0 Å². The van der Waals surface area contributed by atoms with Crippen molar-refractivity contribution in [1.29, 1.82) is 0 Å². The Balaban J connectivity index is 3.42. The van der Waals surface area contributed by atoms with Crippen molar-refractivity contribution in [1.82, 2.24) is 0 Å². The molecule has 0 aliphatic rings. The summed E-state index contributed by atoms with van der Waals surface area (Å²) in [6.45, 7) is 3.40. The summed E-state index contributed by atoms with van der Waals surface area (Å²) in [6, 6.07) is 3.20. The summed E-state index contributed by atoms with van der Waals surface area (Å²) in [6.07, 6.45) is 0. The molecule has 0 spiro atoms. The maximum atomic E-state index is 11.7. The quantitative estimate of drug-likeness (QED) is 0.756. The molecule has 0 aliphatic heterocycles. The largest absolute Gasteiger partial charge is 0.423 e. The summed E-state index contributed by atoms with van der Waals surface area (Å²) in [4.78, 5) is 44.6. The summed E-state index contributed by atoms with van der Waals surface area (Å²) < 4.78 is 14.4. The van der Waals surface area contributed by atoms with Gasteiger partial charge in [-0.3, -0.25) is 19.2 Å². The second-order valence-electron chi connectivity index (χ2n) is 3.72. The van der Waals surface area contributed by atoms with Gasteiger partial charge in [-0.1, -0.05) is 0 Å². The third kappa shape index (κ3) is 4.52. The van der Waals surface area contributed by atoms with Crippen LogP contribution in [-0.2, 0) is 14.4 Å². The average Bonchev–Trinajstić information content (AvgIpc) is 2.41. The van der Waals surface area contributed by atoms with Gasteiger partial charge < -0.3 is 14.2 Å². The van der Waals surface area contributed by atoms with Gasteiger partial charge in [0.15, 0.2) is 17.2 Å². The van der Waals surface area contributed by atoms with Gasteiger partial charge in [0, 0.05) is 26.8 Å². The van der Waals surface area contributed by atoms with E-state index in [-0.39, 0.29) is 17.2 Å². The van der Waals surface area contributed by atoms with Crippen molar-refractivity contribution in [2.45, 2.75) is 20.8 Å². The van der Waals surface area contributed by atoms with Crippen LogP contribution in [0, 0.1) is 0 Å². The Morgan fingerprint density at radius 2 is 1.20 bits per heavy atom. The molecule has 0 heterocycles. The Morgan fingerprint density at radius 3 is 1.70 bits per heavy atom. The van der Waals surface area contributed by atoms with Crippen LogP contribution in [0.15, 0.2) is 23.0 Å². The summed E-state index contributed by atoms with van der Waals surface area (Å²) in [7, 11) is 0. The number of hydrogen-bond acceptors (Lipinski definition) is 7. The highest BCUT2D eigenvalue weighted by Gasteiger charge is 2.13. The fourth-order valence-electron chi connectivity index (χ4n) is 1.29. The highest BCUT2D eigenvalue weighted by atomic mass is 16.6. The van der Waals surface area contributed by atoms with Gasteiger partial charge in [0.1, 0.15) is 0 Å². The van der Waals surface area contributed by atoms with Crippen molar-refractivity contribution in [3.05, 3.63) is 28.4 Å². The normalized spacial score (nSPS) is 9.55.